The number of nitrogens with zero attached hydrogens (tertiary/aromatic N) is 1. The van der Waals surface area contributed by atoms with Crippen LogP contribution in [0.15, 0.2) is 58.8 Å². The van der Waals surface area contributed by atoms with Gasteiger partial charge in [0.15, 0.2) is 0 Å². The van der Waals surface area contributed by atoms with Crippen molar-refractivity contribution in [2.75, 3.05) is 11.6 Å². The van der Waals surface area contributed by atoms with E-state index in [1.165, 1.54) is 18.2 Å². The van der Waals surface area contributed by atoms with E-state index < -0.39 is 11.7 Å². The summed E-state index contributed by atoms with van der Waals surface area (Å²) in [6.45, 7) is 0.895. The van der Waals surface area contributed by atoms with Crippen LogP contribution in [0.2, 0.25) is 0 Å². The number of nitrogens with one attached hydrogen (secondary N) is 2. The standard InChI is InChI=1S/C17H14BrF4N3.ClH/c18-15-6-5-13(9-14(15)17(20,21)22)25-8-7-16(24-25)23-10-11-1-3-12(19)4-2-11;/h1-7,9,23-24H,8,10H2;1H. The minimum Gasteiger partial charge on any atom is -0.367 e. The average Bonchev–Trinajstić information content (AvgIpc) is 3.03. The molecule has 1 heterocycles. The monoisotopic (exact) mass is 451 g/mol. The predicted molar refractivity (Wildman–Crippen MR) is 98.2 cm³/mol. The molecule has 0 aliphatic carbocycles. The normalized spacial score (nSPS) is 13.7. The number of halogens is 6. The zero-order valence-electron chi connectivity index (χ0n) is 13.3. The molecule has 0 unspecified atom stereocenters. The molecule has 1 aliphatic rings. The molecule has 2 aromatic rings. The summed E-state index contributed by atoms with van der Waals surface area (Å²) in [5.74, 6) is 0.379. The molecule has 2 aromatic carbocycles. The topological polar surface area (TPSA) is 27.3 Å². The molecule has 0 bridgehead atoms. The van der Waals surface area contributed by atoms with Crippen LogP contribution >= 0.6 is 28.3 Å². The van der Waals surface area contributed by atoms with E-state index in [0.29, 0.717) is 24.6 Å². The van der Waals surface area contributed by atoms with Crippen molar-refractivity contribution in [1.29, 1.82) is 0 Å². The summed E-state index contributed by atoms with van der Waals surface area (Å²) in [6.07, 6.45) is -2.59. The second-order valence-corrected chi connectivity index (χ2v) is 6.34. The van der Waals surface area contributed by atoms with Crippen molar-refractivity contribution >= 4 is 34.0 Å². The van der Waals surface area contributed by atoms with Gasteiger partial charge >= 0.3 is 6.18 Å². The molecule has 0 spiro atoms. The maximum absolute atomic E-state index is 13.0. The van der Waals surface area contributed by atoms with Gasteiger partial charge in [-0.25, -0.2) is 4.39 Å². The Morgan fingerprint density at radius 3 is 2.46 bits per heavy atom. The van der Waals surface area contributed by atoms with Crippen LogP contribution in [0, 0.1) is 5.82 Å². The summed E-state index contributed by atoms with van der Waals surface area (Å²) in [7, 11) is 0. The van der Waals surface area contributed by atoms with Gasteiger partial charge in [0.1, 0.15) is 11.6 Å². The first-order valence-corrected chi connectivity index (χ1v) is 8.21. The van der Waals surface area contributed by atoms with Gasteiger partial charge in [0.2, 0.25) is 0 Å². The van der Waals surface area contributed by atoms with Crippen molar-refractivity contribution in [2.24, 2.45) is 0 Å². The van der Waals surface area contributed by atoms with Gasteiger partial charge in [-0.1, -0.05) is 28.1 Å². The summed E-state index contributed by atoms with van der Waals surface area (Å²) in [5, 5.41) is 4.73. The summed E-state index contributed by atoms with van der Waals surface area (Å²) in [6, 6.07) is 10.2. The van der Waals surface area contributed by atoms with Crippen LogP contribution in [0.1, 0.15) is 11.1 Å². The van der Waals surface area contributed by atoms with Crippen LogP contribution in [0.25, 0.3) is 0 Å². The lowest BCUT2D eigenvalue weighted by atomic mass is 10.2. The highest BCUT2D eigenvalue weighted by atomic mass is 79.9. The van der Waals surface area contributed by atoms with Crippen LogP contribution in [0.4, 0.5) is 23.2 Å². The Labute approximate surface area is 162 Å². The first kappa shape index (κ1) is 20.4. The molecule has 9 heteroatoms. The highest BCUT2D eigenvalue weighted by Gasteiger charge is 2.33. The fraction of sp³-hybridized carbons (Fsp3) is 0.176. The molecule has 26 heavy (non-hydrogen) atoms. The summed E-state index contributed by atoms with van der Waals surface area (Å²) in [5.41, 5.74) is 3.59. The SMILES string of the molecule is Cl.Fc1ccc(CNC2=CCN(c3ccc(Br)c(C(F)(F)F)c3)N2)cc1. The minimum atomic E-state index is -4.42. The number of hydrazine groups is 1. The maximum Gasteiger partial charge on any atom is 0.417 e. The first-order valence-electron chi connectivity index (χ1n) is 7.42. The smallest absolute Gasteiger partial charge is 0.367 e. The van der Waals surface area contributed by atoms with E-state index in [0.717, 1.165) is 11.6 Å². The number of anilines is 1. The van der Waals surface area contributed by atoms with E-state index in [4.69, 9.17) is 0 Å². The third-order valence-electron chi connectivity index (χ3n) is 3.70. The fourth-order valence-corrected chi connectivity index (χ4v) is 2.87. The second kappa shape index (κ2) is 8.18. The fourth-order valence-electron chi connectivity index (χ4n) is 2.40. The molecule has 3 nitrogen and oxygen atoms in total. The Morgan fingerprint density at radius 1 is 1.12 bits per heavy atom. The average molecular weight is 453 g/mol. The molecule has 0 radical (unpaired) electrons. The van der Waals surface area contributed by atoms with Gasteiger partial charge in [-0.05, 0) is 42.0 Å². The quantitative estimate of drug-likeness (QED) is 0.641. The number of rotatable bonds is 4. The van der Waals surface area contributed by atoms with Crippen LogP contribution in [-0.4, -0.2) is 6.54 Å². The lowest BCUT2D eigenvalue weighted by Gasteiger charge is -2.22. The third kappa shape index (κ3) is 4.82. The molecule has 0 amide bonds. The molecule has 0 saturated carbocycles. The minimum absolute atomic E-state index is 0. The van der Waals surface area contributed by atoms with Gasteiger partial charge in [0.05, 0.1) is 17.8 Å². The van der Waals surface area contributed by atoms with Gasteiger partial charge in [-0.3, -0.25) is 10.4 Å². The zero-order valence-corrected chi connectivity index (χ0v) is 15.7. The maximum atomic E-state index is 13.0. The Hall–Kier alpha value is -1.93. The Balaban J connectivity index is 0.00000243. The van der Waals surface area contributed by atoms with Crippen molar-refractivity contribution in [2.45, 2.75) is 12.7 Å². The third-order valence-corrected chi connectivity index (χ3v) is 4.39. The van der Waals surface area contributed by atoms with Crippen molar-refractivity contribution in [1.82, 2.24) is 10.7 Å². The molecule has 2 N–H and O–H groups in total. The molecule has 3 rings (SSSR count). The van der Waals surface area contributed by atoms with E-state index in [1.54, 1.807) is 23.2 Å². The van der Waals surface area contributed by atoms with E-state index >= 15 is 0 Å². The van der Waals surface area contributed by atoms with Crippen molar-refractivity contribution in [3.05, 3.63) is 75.8 Å². The number of benzene rings is 2. The lowest BCUT2D eigenvalue weighted by Crippen LogP contribution is -2.36. The Bertz CT molecular complexity index is 794. The van der Waals surface area contributed by atoms with Gasteiger partial charge in [0, 0.05) is 11.0 Å². The Morgan fingerprint density at radius 2 is 1.81 bits per heavy atom. The number of alkyl halides is 3. The molecule has 0 fully saturated rings. The number of hydrogen-bond acceptors (Lipinski definition) is 3. The van der Waals surface area contributed by atoms with Crippen LogP contribution in [0.3, 0.4) is 0 Å². The van der Waals surface area contributed by atoms with E-state index in [1.807, 2.05) is 6.08 Å². The van der Waals surface area contributed by atoms with Crippen LogP contribution < -0.4 is 15.8 Å². The highest BCUT2D eigenvalue weighted by molar-refractivity contribution is 9.10. The van der Waals surface area contributed by atoms with Gasteiger partial charge in [0.25, 0.3) is 0 Å². The lowest BCUT2D eigenvalue weighted by molar-refractivity contribution is -0.138. The molecule has 1 aliphatic heterocycles. The summed E-state index contributed by atoms with van der Waals surface area (Å²) in [4.78, 5) is 0. The Kier molecular flexibility index (Phi) is 6.41. The van der Waals surface area contributed by atoms with Crippen molar-refractivity contribution in [3.8, 4) is 0 Å². The van der Waals surface area contributed by atoms with E-state index in [2.05, 4.69) is 26.7 Å². The molecule has 0 aromatic heterocycles. The number of hydrogen-bond donors (Lipinski definition) is 2. The van der Waals surface area contributed by atoms with E-state index in [-0.39, 0.29) is 22.7 Å². The largest absolute Gasteiger partial charge is 0.417 e. The molecular weight excluding hydrogens is 438 g/mol. The van der Waals surface area contributed by atoms with Gasteiger partial charge in [-0.15, -0.1) is 12.4 Å². The molecule has 0 saturated heterocycles. The van der Waals surface area contributed by atoms with Crippen LogP contribution in [-0.2, 0) is 12.7 Å². The van der Waals surface area contributed by atoms with Crippen molar-refractivity contribution in [3.63, 3.8) is 0 Å². The van der Waals surface area contributed by atoms with E-state index in [9.17, 15) is 17.6 Å². The summed E-state index contributed by atoms with van der Waals surface area (Å²) < 4.78 is 51.9. The second-order valence-electron chi connectivity index (χ2n) is 5.48. The molecule has 0 atom stereocenters. The summed E-state index contributed by atoms with van der Waals surface area (Å²) >= 11 is 2.93. The van der Waals surface area contributed by atoms with Gasteiger partial charge < -0.3 is 5.32 Å². The van der Waals surface area contributed by atoms with Crippen LogP contribution in [0.5, 0.6) is 0 Å². The molecule has 140 valence electrons. The van der Waals surface area contributed by atoms with Gasteiger partial charge in [-0.2, -0.15) is 13.2 Å². The predicted octanol–water partition coefficient (Wildman–Crippen LogP) is 4.98. The zero-order chi connectivity index (χ0) is 18.0. The first-order chi connectivity index (χ1) is 11.8. The van der Waals surface area contributed by atoms with Crippen molar-refractivity contribution < 1.29 is 17.6 Å². The highest BCUT2D eigenvalue weighted by Crippen LogP contribution is 2.37. The molecular formula is C17H15BrClF4N3.